The highest BCUT2D eigenvalue weighted by Crippen LogP contribution is 2.29. The molecule has 0 N–H and O–H groups in total. The fraction of sp³-hybridized carbons (Fsp3) is 0.150. The summed E-state index contributed by atoms with van der Waals surface area (Å²) >= 11 is 0. The molecule has 0 amide bonds. The lowest BCUT2D eigenvalue weighted by atomic mass is 10.2. The van der Waals surface area contributed by atoms with Gasteiger partial charge in [-0.1, -0.05) is 24.3 Å². The van der Waals surface area contributed by atoms with Crippen molar-refractivity contribution in [3.8, 4) is 0 Å². The Labute approximate surface area is 155 Å². The van der Waals surface area contributed by atoms with Crippen LogP contribution in [0.15, 0.2) is 65.1 Å². The Kier molecular flexibility index (Phi) is 4.33. The monoisotopic (exact) mass is 359 g/mol. The Balaban J connectivity index is 1.84. The second kappa shape index (κ2) is 6.95. The van der Waals surface area contributed by atoms with E-state index in [2.05, 4.69) is 20.2 Å². The number of azo groups is 1. The Morgan fingerprint density at radius 2 is 2.00 bits per heavy atom. The summed E-state index contributed by atoms with van der Waals surface area (Å²) in [5.41, 5.74) is 3.66. The maximum absolute atomic E-state index is 11.8. The van der Waals surface area contributed by atoms with E-state index in [0.29, 0.717) is 17.2 Å². The summed E-state index contributed by atoms with van der Waals surface area (Å²) in [7, 11) is 1.35. The molecule has 0 spiro atoms. The molecule has 1 aromatic carbocycles. The first-order valence-electron chi connectivity index (χ1n) is 8.46. The number of para-hydroxylation sites is 1. The number of methoxy groups -OCH3 is 1. The molecule has 3 heterocycles. The van der Waals surface area contributed by atoms with Crippen LogP contribution in [-0.4, -0.2) is 27.4 Å². The van der Waals surface area contributed by atoms with Crippen LogP contribution in [0.4, 0.5) is 11.5 Å². The molecule has 0 saturated carbocycles. The van der Waals surface area contributed by atoms with E-state index in [0.717, 1.165) is 22.1 Å². The number of hydrogen-bond donors (Lipinski definition) is 0. The number of imidazole rings is 1. The van der Waals surface area contributed by atoms with Crippen LogP contribution >= 0.6 is 0 Å². The normalized spacial score (nSPS) is 11.5. The van der Waals surface area contributed by atoms with Gasteiger partial charge in [-0.15, -0.1) is 10.2 Å². The van der Waals surface area contributed by atoms with E-state index in [4.69, 9.17) is 4.74 Å². The van der Waals surface area contributed by atoms with E-state index in [1.807, 2.05) is 60.0 Å². The van der Waals surface area contributed by atoms with Crippen molar-refractivity contribution >= 4 is 34.0 Å². The van der Waals surface area contributed by atoms with Crippen LogP contribution in [0.3, 0.4) is 0 Å². The highest BCUT2D eigenvalue weighted by atomic mass is 16.5. The number of rotatable bonds is 4. The number of carbonyl (C=O) groups excluding carboxylic acids is 1. The fourth-order valence-corrected chi connectivity index (χ4v) is 2.94. The molecule has 27 heavy (non-hydrogen) atoms. The van der Waals surface area contributed by atoms with Gasteiger partial charge in [0.05, 0.1) is 24.7 Å². The summed E-state index contributed by atoms with van der Waals surface area (Å²) in [6.07, 6.45) is 3.60. The fourth-order valence-electron chi connectivity index (χ4n) is 2.94. The first kappa shape index (κ1) is 16.8. The van der Waals surface area contributed by atoms with Gasteiger partial charge in [-0.2, -0.15) is 0 Å². The van der Waals surface area contributed by atoms with Crippen LogP contribution in [0.2, 0.25) is 0 Å². The zero-order valence-electron chi connectivity index (χ0n) is 15.0. The topological polar surface area (TPSA) is 81.2 Å². The summed E-state index contributed by atoms with van der Waals surface area (Å²) in [6, 6.07) is 13.5. The van der Waals surface area contributed by atoms with Crippen molar-refractivity contribution in [2.75, 3.05) is 7.11 Å². The van der Waals surface area contributed by atoms with E-state index in [-0.39, 0.29) is 12.4 Å². The molecule has 0 aliphatic heterocycles. The maximum Gasteiger partial charge on any atom is 0.311 e. The molecule has 0 radical (unpaired) electrons. The minimum absolute atomic E-state index is 0.0275. The quantitative estimate of drug-likeness (QED) is 0.401. The number of aryl methyl sites for hydroxylation is 1. The molecule has 0 bridgehead atoms. The molecule has 0 saturated heterocycles. The van der Waals surface area contributed by atoms with E-state index in [1.54, 1.807) is 6.20 Å². The molecular weight excluding hydrogens is 342 g/mol. The molecule has 0 aliphatic rings. The van der Waals surface area contributed by atoms with Crippen LogP contribution in [0.5, 0.6) is 0 Å². The maximum atomic E-state index is 11.8. The van der Waals surface area contributed by atoms with E-state index >= 15 is 0 Å². The van der Waals surface area contributed by atoms with Crippen LogP contribution in [0.25, 0.3) is 16.6 Å². The second-order valence-electron chi connectivity index (χ2n) is 6.07. The zero-order chi connectivity index (χ0) is 18.8. The standard InChI is InChI=1S/C20H17N5O2/c1-13-6-5-11-25-19(13)22-16(12-17(26)27-2)20(25)24-23-15-9-3-7-14-8-4-10-21-18(14)15/h3-11H,12H2,1-2H3. The highest BCUT2D eigenvalue weighted by molar-refractivity contribution is 5.88. The summed E-state index contributed by atoms with van der Waals surface area (Å²) in [5, 5.41) is 9.80. The van der Waals surface area contributed by atoms with Crippen molar-refractivity contribution in [1.29, 1.82) is 0 Å². The van der Waals surface area contributed by atoms with Crippen molar-refractivity contribution in [3.05, 3.63) is 66.1 Å². The molecule has 0 atom stereocenters. The average molecular weight is 359 g/mol. The molecular formula is C20H17N5O2. The van der Waals surface area contributed by atoms with Crippen molar-refractivity contribution in [2.45, 2.75) is 13.3 Å². The molecule has 7 heteroatoms. The van der Waals surface area contributed by atoms with Gasteiger partial charge in [-0.05, 0) is 30.7 Å². The smallest absolute Gasteiger partial charge is 0.311 e. The molecule has 0 unspecified atom stereocenters. The summed E-state index contributed by atoms with van der Waals surface area (Å²) in [6.45, 7) is 1.96. The van der Waals surface area contributed by atoms with Gasteiger partial charge in [0, 0.05) is 17.8 Å². The zero-order valence-corrected chi connectivity index (χ0v) is 15.0. The van der Waals surface area contributed by atoms with Crippen molar-refractivity contribution < 1.29 is 9.53 Å². The number of aromatic nitrogens is 3. The minimum Gasteiger partial charge on any atom is -0.469 e. The molecule has 4 aromatic rings. The number of carbonyl (C=O) groups is 1. The van der Waals surface area contributed by atoms with Crippen LogP contribution in [0.1, 0.15) is 11.3 Å². The molecule has 3 aromatic heterocycles. The molecule has 7 nitrogen and oxygen atoms in total. The van der Waals surface area contributed by atoms with Gasteiger partial charge in [0.15, 0.2) is 5.82 Å². The largest absolute Gasteiger partial charge is 0.469 e. The van der Waals surface area contributed by atoms with Gasteiger partial charge in [0.2, 0.25) is 0 Å². The Morgan fingerprint density at radius 3 is 2.85 bits per heavy atom. The third kappa shape index (κ3) is 3.15. The first-order valence-corrected chi connectivity index (χ1v) is 8.46. The Bertz CT molecular complexity index is 1170. The minimum atomic E-state index is -0.376. The van der Waals surface area contributed by atoms with Gasteiger partial charge < -0.3 is 4.74 Å². The number of hydrogen-bond acceptors (Lipinski definition) is 6. The molecule has 134 valence electrons. The number of nitrogens with zero attached hydrogens (tertiary/aromatic N) is 5. The highest BCUT2D eigenvalue weighted by Gasteiger charge is 2.17. The average Bonchev–Trinajstić information content (AvgIpc) is 3.04. The van der Waals surface area contributed by atoms with Gasteiger partial charge >= 0.3 is 5.97 Å². The van der Waals surface area contributed by atoms with Crippen molar-refractivity contribution in [3.63, 3.8) is 0 Å². The van der Waals surface area contributed by atoms with E-state index in [9.17, 15) is 4.79 Å². The van der Waals surface area contributed by atoms with Crippen LogP contribution in [-0.2, 0) is 16.0 Å². The number of benzene rings is 1. The molecule has 0 aliphatic carbocycles. The third-order valence-corrected chi connectivity index (χ3v) is 4.29. The van der Waals surface area contributed by atoms with Gasteiger partial charge in [0.25, 0.3) is 0 Å². The van der Waals surface area contributed by atoms with Crippen LogP contribution < -0.4 is 0 Å². The van der Waals surface area contributed by atoms with E-state index in [1.165, 1.54) is 7.11 Å². The first-order chi connectivity index (χ1) is 13.2. The predicted molar refractivity (Wildman–Crippen MR) is 102 cm³/mol. The van der Waals surface area contributed by atoms with Gasteiger partial charge in [-0.25, -0.2) is 4.98 Å². The SMILES string of the molecule is COC(=O)Cc1nc2c(C)cccn2c1N=Nc1cccc2cccnc12. The lowest BCUT2D eigenvalue weighted by molar-refractivity contribution is -0.139. The molecule has 4 rings (SSSR count). The molecule has 0 fully saturated rings. The lowest BCUT2D eigenvalue weighted by Gasteiger charge is -2.01. The number of pyridine rings is 2. The van der Waals surface area contributed by atoms with E-state index < -0.39 is 0 Å². The number of ether oxygens (including phenoxy) is 1. The summed E-state index contributed by atoms with van der Waals surface area (Å²) in [4.78, 5) is 20.7. The third-order valence-electron chi connectivity index (χ3n) is 4.29. The number of esters is 1. The van der Waals surface area contributed by atoms with Crippen molar-refractivity contribution in [2.24, 2.45) is 10.2 Å². The van der Waals surface area contributed by atoms with Crippen molar-refractivity contribution in [1.82, 2.24) is 14.4 Å². The second-order valence-corrected chi connectivity index (χ2v) is 6.07. The number of fused-ring (bicyclic) bond motifs is 2. The lowest BCUT2D eigenvalue weighted by Crippen LogP contribution is -2.04. The Hall–Kier alpha value is -3.61. The van der Waals surface area contributed by atoms with Crippen LogP contribution in [0, 0.1) is 6.92 Å². The predicted octanol–water partition coefficient (Wildman–Crippen LogP) is 4.32. The summed E-state index contributed by atoms with van der Waals surface area (Å²) < 4.78 is 6.61. The Morgan fingerprint density at radius 1 is 1.15 bits per heavy atom. The van der Waals surface area contributed by atoms with Gasteiger partial charge in [0.1, 0.15) is 11.3 Å². The van der Waals surface area contributed by atoms with Gasteiger partial charge in [-0.3, -0.25) is 14.2 Å². The summed E-state index contributed by atoms with van der Waals surface area (Å²) in [5.74, 6) is 0.131.